The minimum absolute atomic E-state index is 0.254. The van der Waals surface area contributed by atoms with Crippen molar-refractivity contribution in [2.75, 3.05) is 14.2 Å². The van der Waals surface area contributed by atoms with Crippen LogP contribution in [0.5, 0.6) is 23.0 Å². The Morgan fingerprint density at radius 3 is 1.41 bits per heavy atom. The summed E-state index contributed by atoms with van der Waals surface area (Å²) >= 11 is 7.39. The first kappa shape index (κ1) is 30.0. The van der Waals surface area contributed by atoms with E-state index in [1.165, 1.54) is 0 Å². The maximum Gasteiger partial charge on any atom is 0.343 e. The maximum atomic E-state index is 13.4. The number of hydrogen-bond donors (Lipinski definition) is 1. The van der Waals surface area contributed by atoms with Gasteiger partial charge in [-0.25, -0.2) is 4.79 Å². The third-order valence-corrected chi connectivity index (χ3v) is 8.85. The zero-order valence-corrected chi connectivity index (χ0v) is 27.5. The number of methoxy groups -OCH3 is 2. The maximum absolute atomic E-state index is 13.4. The van der Waals surface area contributed by atoms with Crippen LogP contribution in [0.4, 0.5) is 0 Å². The molecule has 1 aliphatic rings. The molecule has 0 aliphatic heterocycles. The van der Waals surface area contributed by atoms with Crippen molar-refractivity contribution >= 4 is 37.8 Å². The minimum Gasteiger partial charge on any atom is -0.507 e. The predicted molar refractivity (Wildman–Crippen MR) is 179 cm³/mol. The fourth-order valence-corrected chi connectivity index (χ4v) is 7.10. The summed E-state index contributed by atoms with van der Waals surface area (Å²) in [5, 5.41) is 11.5. The summed E-state index contributed by atoms with van der Waals surface area (Å²) in [7, 11) is 3.32. The van der Waals surface area contributed by atoms with Gasteiger partial charge in [0.1, 0.15) is 23.0 Å². The molecular weight excluding hydrogens is 684 g/mol. The van der Waals surface area contributed by atoms with Gasteiger partial charge in [-0.3, -0.25) is 0 Å². The van der Waals surface area contributed by atoms with E-state index >= 15 is 0 Å². The van der Waals surface area contributed by atoms with E-state index in [-0.39, 0.29) is 5.75 Å². The number of phenolic OH excluding ortho intramolecular Hbond substituents is 1. The lowest BCUT2D eigenvalue weighted by molar-refractivity contribution is 0.0731. The number of esters is 1. The van der Waals surface area contributed by atoms with Crippen molar-refractivity contribution in [3.8, 4) is 23.0 Å². The molecule has 1 aliphatic carbocycles. The molecule has 0 saturated carbocycles. The first-order chi connectivity index (χ1) is 21.3. The van der Waals surface area contributed by atoms with Gasteiger partial charge in [0, 0.05) is 45.8 Å². The summed E-state index contributed by atoms with van der Waals surface area (Å²) in [6, 6.07) is 29.0. The van der Waals surface area contributed by atoms with Gasteiger partial charge in [0.2, 0.25) is 0 Å². The second-order valence-electron chi connectivity index (χ2n) is 10.8. The molecule has 6 rings (SSSR count). The number of carbonyl (C=O) groups excluding carboxylic acids is 1. The second-order valence-corrected chi connectivity index (χ2v) is 12.6. The fourth-order valence-electron chi connectivity index (χ4n) is 6.00. The third kappa shape index (κ3) is 6.12. The van der Waals surface area contributed by atoms with Gasteiger partial charge < -0.3 is 19.3 Å². The van der Waals surface area contributed by atoms with E-state index in [0.717, 1.165) is 65.0 Å². The van der Waals surface area contributed by atoms with Crippen molar-refractivity contribution in [1.82, 2.24) is 0 Å². The number of aromatic hydroxyl groups is 1. The monoisotopic (exact) mass is 712 g/mol. The Balaban J connectivity index is 1.58. The molecule has 5 nitrogen and oxygen atoms in total. The lowest BCUT2D eigenvalue weighted by atomic mass is 9.91. The Morgan fingerprint density at radius 2 is 0.977 bits per heavy atom. The molecule has 0 radical (unpaired) electrons. The van der Waals surface area contributed by atoms with Crippen LogP contribution in [0, 0.1) is 0 Å². The average molecular weight is 714 g/mol. The second kappa shape index (κ2) is 12.9. The number of halogens is 2. The highest BCUT2D eigenvalue weighted by Gasteiger charge is 2.23. The Kier molecular flexibility index (Phi) is 8.78. The van der Waals surface area contributed by atoms with E-state index in [1.807, 2.05) is 78.9 Å². The zero-order valence-electron chi connectivity index (χ0n) is 24.3. The Labute approximate surface area is 273 Å². The van der Waals surface area contributed by atoms with Crippen LogP contribution in [0.1, 0.15) is 54.9 Å². The van der Waals surface area contributed by atoms with Crippen LogP contribution in [0.2, 0.25) is 0 Å². The van der Waals surface area contributed by atoms with Crippen LogP contribution in [0.25, 0.3) is 0 Å². The van der Waals surface area contributed by atoms with E-state index in [1.54, 1.807) is 26.4 Å². The highest BCUT2D eigenvalue weighted by molar-refractivity contribution is 9.10. The van der Waals surface area contributed by atoms with Crippen molar-refractivity contribution in [2.45, 2.75) is 25.7 Å². The van der Waals surface area contributed by atoms with Crippen LogP contribution >= 0.6 is 31.9 Å². The largest absolute Gasteiger partial charge is 0.507 e. The molecule has 0 atom stereocenters. The summed E-state index contributed by atoms with van der Waals surface area (Å²) < 4.78 is 20.0. The third-order valence-electron chi connectivity index (χ3n) is 7.93. The normalized spacial score (nSPS) is 12.4. The quantitative estimate of drug-likeness (QED) is 0.146. The summed E-state index contributed by atoms with van der Waals surface area (Å²) in [6.45, 7) is 0. The van der Waals surface area contributed by atoms with Crippen LogP contribution in [0.15, 0.2) is 99.9 Å². The molecule has 5 aromatic carbocycles. The number of ether oxygens (including phenoxy) is 3. The Bertz CT molecular complexity index is 1760. The number of carbonyl (C=O) groups is 1. The highest BCUT2D eigenvalue weighted by Crippen LogP contribution is 2.40. The molecule has 0 heterocycles. The molecule has 1 N–H and O–H groups in total. The molecule has 0 fully saturated rings. The first-order valence-corrected chi connectivity index (χ1v) is 15.8. The SMILES string of the molecule is COc1c2cccc1Cc1cc(Br)cc(c1OC(=O)c1ccccc1)Cc1cccc(c1OC)Cc1cc(Br)cc(c1O)C2. The smallest absolute Gasteiger partial charge is 0.343 e. The Morgan fingerprint density at radius 1 is 0.568 bits per heavy atom. The first-order valence-electron chi connectivity index (χ1n) is 14.2. The minimum atomic E-state index is -0.425. The molecule has 5 aromatic rings. The van der Waals surface area contributed by atoms with E-state index in [2.05, 4.69) is 31.9 Å². The molecule has 222 valence electrons. The van der Waals surface area contributed by atoms with E-state index in [4.69, 9.17) is 14.2 Å². The summed E-state index contributed by atoms with van der Waals surface area (Å²) in [5.74, 6) is 1.81. The lowest BCUT2D eigenvalue weighted by Gasteiger charge is -2.21. The van der Waals surface area contributed by atoms with Crippen molar-refractivity contribution in [2.24, 2.45) is 0 Å². The summed E-state index contributed by atoms with van der Waals surface area (Å²) in [4.78, 5) is 13.4. The van der Waals surface area contributed by atoms with Crippen molar-refractivity contribution in [3.05, 3.63) is 150 Å². The predicted octanol–water partition coefficient (Wildman–Crippen LogP) is 8.83. The van der Waals surface area contributed by atoms with Gasteiger partial charge >= 0.3 is 5.97 Å². The molecule has 0 aromatic heterocycles. The number of phenols is 1. The molecule has 8 bridgehead atoms. The highest BCUT2D eigenvalue weighted by atomic mass is 79.9. The summed E-state index contributed by atoms with van der Waals surface area (Å²) in [5.41, 5.74) is 7.47. The van der Waals surface area contributed by atoms with Gasteiger partial charge in [-0.2, -0.15) is 0 Å². The topological polar surface area (TPSA) is 65.0 Å². The fraction of sp³-hybridized carbons (Fsp3) is 0.162. The zero-order chi connectivity index (χ0) is 30.8. The van der Waals surface area contributed by atoms with Gasteiger partial charge in [-0.05, 0) is 69.8 Å². The van der Waals surface area contributed by atoms with Crippen LogP contribution in [-0.2, 0) is 25.7 Å². The average Bonchev–Trinajstić information content (AvgIpc) is 3.01. The van der Waals surface area contributed by atoms with E-state index in [0.29, 0.717) is 37.0 Å². The molecule has 7 heteroatoms. The molecule has 0 spiro atoms. The molecular formula is C37H30Br2O5. The molecule has 44 heavy (non-hydrogen) atoms. The molecule has 0 unspecified atom stereocenters. The standard InChI is InChI=1S/C37H30Br2O5/c1-42-34-23-10-6-12-25(34)16-29-20-32(39)21-30(36(29)44-37(41)22-8-4-3-5-9-22)17-26-13-7-11-24(35(26)43-2)15-28-19-31(38)18-27(14-23)33(28)40/h3-13,18-21,40H,14-17H2,1-2H3. The van der Waals surface area contributed by atoms with Crippen molar-refractivity contribution in [1.29, 1.82) is 0 Å². The lowest BCUT2D eigenvalue weighted by Crippen LogP contribution is -2.13. The van der Waals surface area contributed by atoms with Crippen molar-refractivity contribution < 1.29 is 24.1 Å². The molecule has 0 saturated heterocycles. The van der Waals surface area contributed by atoms with Crippen molar-refractivity contribution in [3.63, 3.8) is 0 Å². The van der Waals surface area contributed by atoms with Gasteiger partial charge in [0.25, 0.3) is 0 Å². The van der Waals surface area contributed by atoms with E-state index in [9.17, 15) is 9.90 Å². The molecule has 0 amide bonds. The number of fused-ring (bicyclic) bond motifs is 8. The van der Waals surface area contributed by atoms with E-state index < -0.39 is 5.97 Å². The number of benzene rings is 5. The van der Waals surface area contributed by atoms with Gasteiger partial charge in [-0.1, -0.05) is 86.5 Å². The van der Waals surface area contributed by atoms with Crippen LogP contribution < -0.4 is 14.2 Å². The summed E-state index contributed by atoms with van der Waals surface area (Å²) in [6.07, 6.45) is 1.83. The van der Waals surface area contributed by atoms with Gasteiger partial charge in [0.05, 0.1) is 19.8 Å². The van der Waals surface area contributed by atoms with Gasteiger partial charge in [-0.15, -0.1) is 0 Å². The van der Waals surface area contributed by atoms with Crippen LogP contribution in [-0.4, -0.2) is 25.3 Å². The number of rotatable bonds is 4. The van der Waals surface area contributed by atoms with Gasteiger partial charge in [0.15, 0.2) is 0 Å². The number of hydrogen-bond acceptors (Lipinski definition) is 5. The Hall–Kier alpha value is -4.07. The number of para-hydroxylation sites is 2. The van der Waals surface area contributed by atoms with Crippen LogP contribution in [0.3, 0.4) is 0 Å².